The van der Waals surface area contributed by atoms with E-state index in [1.54, 1.807) is 7.11 Å². The van der Waals surface area contributed by atoms with Crippen molar-refractivity contribution in [1.82, 2.24) is 0 Å². The summed E-state index contributed by atoms with van der Waals surface area (Å²) < 4.78 is 4.94. The molecule has 0 aliphatic heterocycles. The number of rotatable bonds is 5. The second-order valence-corrected chi connectivity index (χ2v) is 4.04. The van der Waals surface area contributed by atoms with Gasteiger partial charge in [0.05, 0.1) is 0 Å². The maximum Gasteiger partial charge on any atom is 0.193 e. The van der Waals surface area contributed by atoms with Crippen LogP contribution in [0.4, 0.5) is 5.69 Å². The second-order valence-electron chi connectivity index (χ2n) is 4.04. The van der Waals surface area contributed by atoms with E-state index in [9.17, 15) is 0 Å². The van der Waals surface area contributed by atoms with Gasteiger partial charge in [-0.15, -0.1) is 0 Å². The Morgan fingerprint density at radius 3 is 2.76 bits per heavy atom. The average Bonchev–Trinajstić information content (AvgIpc) is 2.30. The molecule has 1 aromatic rings. The largest absolute Gasteiger partial charge is 0.385 e. The first-order valence-corrected chi connectivity index (χ1v) is 5.76. The van der Waals surface area contributed by atoms with E-state index in [2.05, 4.69) is 36.3 Å². The number of aliphatic imine (C=N–C) groups is 1. The molecule has 0 radical (unpaired) electrons. The number of hydrogen-bond donors (Lipinski definition) is 2. The first-order valence-electron chi connectivity index (χ1n) is 5.76. The molecule has 0 unspecified atom stereocenters. The highest BCUT2D eigenvalue weighted by molar-refractivity contribution is 5.92. The molecule has 0 bridgehead atoms. The normalized spacial score (nSPS) is 11.6. The monoisotopic (exact) mass is 235 g/mol. The zero-order valence-electron chi connectivity index (χ0n) is 10.8. The molecule has 0 saturated carbocycles. The molecule has 4 heteroatoms. The van der Waals surface area contributed by atoms with E-state index in [1.165, 1.54) is 11.1 Å². The van der Waals surface area contributed by atoms with Gasteiger partial charge in [0, 0.05) is 25.9 Å². The molecule has 94 valence electrons. The number of methoxy groups -OCH3 is 1. The third kappa shape index (κ3) is 4.87. The first kappa shape index (κ1) is 13.5. The number of guanidine groups is 1. The standard InChI is InChI=1S/C13H21N3O/c1-10-5-6-12(9-11(10)2)16-13(14)15-7-4-8-17-3/h5-6,9H,4,7-8H2,1-3H3,(H3,14,15,16). The summed E-state index contributed by atoms with van der Waals surface area (Å²) >= 11 is 0. The van der Waals surface area contributed by atoms with Crippen molar-refractivity contribution in [2.45, 2.75) is 20.3 Å². The molecular weight excluding hydrogens is 214 g/mol. The molecule has 0 spiro atoms. The van der Waals surface area contributed by atoms with Crippen molar-refractivity contribution >= 4 is 11.6 Å². The Kier molecular flexibility index (Phi) is 5.49. The Morgan fingerprint density at radius 1 is 1.35 bits per heavy atom. The Morgan fingerprint density at radius 2 is 2.12 bits per heavy atom. The van der Waals surface area contributed by atoms with Crippen LogP contribution < -0.4 is 11.1 Å². The minimum Gasteiger partial charge on any atom is -0.385 e. The Labute approximate surface area is 103 Å². The van der Waals surface area contributed by atoms with E-state index in [0.717, 1.165) is 12.1 Å². The van der Waals surface area contributed by atoms with Crippen LogP contribution in [0.5, 0.6) is 0 Å². The van der Waals surface area contributed by atoms with Crippen LogP contribution in [0.1, 0.15) is 17.5 Å². The lowest BCUT2D eigenvalue weighted by atomic mass is 10.1. The summed E-state index contributed by atoms with van der Waals surface area (Å²) in [6, 6.07) is 6.13. The zero-order chi connectivity index (χ0) is 12.7. The van der Waals surface area contributed by atoms with Gasteiger partial charge < -0.3 is 15.8 Å². The van der Waals surface area contributed by atoms with Gasteiger partial charge in [0.15, 0.2) is 5.96 Å². The number of nitrogens with zero attached hydrogens (tertiary/aromatic N) is 1. The van der Waals surface area contributed by atoms with E-state index < -0.39 is 0 Å². The maximum atomic E-state index is 5.77. The molecule has 0 heterocycles. The molecule has 0 aliphatic carbocycles. The van der Waals surface area contributed by atoms with Crippen LogP contribution in [0, 0.1) is 13.8 Å². The minimum atomic E-state index is 0.448. The molecular formula is C13H21N3O. The highest BCUT2D eigenvalue weighted by Crippen LogP contribution is 2.13. The maximum absolute atomic E-state index is 5.77. The molecule has 0 aliphatic rings. The van der Waals surface area contributed by atoms with Crippen LogP contribution in [0.15, 0.2) is 23.2 Å². The molecule has 17 heavy (non-hydrogen) atoms. The number of anilines is 1. The van der Waals surface area contributed by atoms with E-state index in [1.807, 2.05) is 6.07 Å². The highest BCUT2D eigenvalue weighted by Gasteiger charge is 1.97. The molecule has 1 aromatic carbocycles. The summed E-state index contributed by atoms with van der Waals surface area (Å²) in [6.07, 6.45) is 0.881. The first-order chi connectivity index (χ1) is 8.13. The van der Waals surface area contributed by atoms with E-state index in [0.29, 0.717) is 19.1 Å². The number of benzene rings is 1. The lowest BCUT2D eigenvalue weighted by Gasteiger charge is -2.08. The van der Waals surface area contributed by atoms with E-state index in [4.69, 9.17) is 10.5 Å². The van der Waals surface area contributed by atoms with Crippen LogP contribution in [0.3, 0.4) is 0 Å². The Bertz CT molecular complexity index is 388. The van der Waals surface area contributed by atoms with E-state index in [-0.39, 0.29) is 0 Å². The molecule has 0 atom stereocenters. The van der Waals surface area contributed by atoms with Gasteiger partial charge >= 0.3 is 0 Å². The fraction of sp³-hybridized carbons (Fsp3) is 0.462. The van der Waals surface area contributed by atoms with Gasteiger partial charge in [-0.1, -0.05) is 6.07 Å². The van der Waals surface area contributed by atoms with Crippen LogP contribution in [0.2, 0.25) is 0 Å². The fourth-order valence-corrected chi connectivity index (χ4v) is 1.41. The zero-order valence-corrected chi connectivity index (χ0v) is 10.8. The number of ether oxygens (including phenoxy) is 1. The van der Waals surface area contributed by atoms with Gasteiger partial charge in [-0.05, 0) is 43.5 Å². The molecule has 0 amide bonds. The number of nitrogens with two attached hydrogens (primary N) is 1. The number of nitrogens with one attached hydrogen (secondary N) is 1. The summed E-state index contributed by atoms with van der Waals surface area (Å²) in [5.41, 5.74) is 9.26. The number of hydrogen-bond acceptors (Lipinski definition) is 2. The van der Waals surface area contributed by atoms with Crippen molar-refractivity contribution in [2.24, 2.45) is 10.7 Å². The predicted molar refractivity (Wildman–Crippen MR) is 72.5 cm³/mol. The Hall–Kier alpha value is -1.55. The summed E-state index contributed by atoms with van der Waals surface area (Å²) in [4.78, 5) is 4.21. The van der Waals surface area contributed by atoms with Crippen molar-refractivity contribution in [3.8, 4) is 0 Å². The van der Waals surface area contributed by atoms with Crippen molar-refractivity contribution in [3.05, 3.63) is 29.3 Å². The highest BCUT2D eigenvalue weighted by atomic mass is 16.5. The fourth-order valence-electron chi connectivity index (χ4n) is 1.41. The quantitative estimate of drug-likeness (QED) is 0.466. The van der Waals surface area contributed by atoms with Gasteiger partial charge in [-0.3, -0.25) is 4.99 Å². The van der Waals surface area contributed by atoms with Gasteiger partial charge in [0.25, 0.3) is 0 Å². The Balaban J connectivity index is 2.49. The molecule has 0 fully saturated rings. The van der Waals surface area contributed by atoms with Crippen molar-refractivity contribution < 1.29 is 4.74 Å². The summed E-state index contributed by atoms with van der Waals surface area (Å²) in [6.45, 7) is 5.55. The summed E-state index contributed by atoms with van der Waals surface area (Å²) in [5.74, 6) is 0.448. The van der Waals surface area contributed by atoms with Crippen molar-refractivity contribution in [1.29, 1.82) is 0 Å². The average molecular weight is 235 g/mol. The smallest absolute Gasteiger partial charge is 0.193 e. The van der Waals surface area contributed by atoms with Crippen molar-refractivity contribution in [2.75, 3.05) is 25.6 Å². The molecule has 0 aromatic heterocycles. The SMILES string of the molecule is COCCCN=C(N)Nc1ccc(C)c(C)c1. The van der Waals surface area contributed by atoms with Crippen LogP contribution in [-0.2, 0) is 4.74 Å². The molecule has 3 N–H and O–H groups in total. The van der Waals surface area contributed by atoms with Crippen LogP contribution in [-0.4, -0.2) is 26.2 Å². The van der Waals surface area contributed by atoms with E-state index >= 15 is 0 Å². The number of aryl methyl sites for hydroxylation is 2. The molecule has 1 rings (SSSR count). The minimum absolute atomic E-state index is 0.448. The summed E-state index contributed by atoms with van der Waals surface area (Å²) in [7, 11) is 1.68. The third-order valence-electron chi connectivity index (χ3n) is 2.57. The van der Waals surface area contributed by atoms with Crippen LogP contribution >= 0.6 is 0 Å². The van der Waals surface area contributed by atoms with Gasteiger partial charge in [-0.25, -0.2) is 0 Å². The molecule has 4 nitrogen and oxygen atoms in total. The van der Waals surface area contributed by atoms with Gasteiger partial charge in [-0.2, -0.15) is 0 Å². The third-order valence-corrected chi connectivity index (χ3v) is 2.57. The summed E-state index contributed by atoms with van der Waals surface area (Å²) in [5, 5.41) is 3.07. The second kappa shape index (κ2) is 6.91. The van der Waals surface area contributed by atoms with Crippen molar-refractivity contribution in [3.63, 3.8) is 0 Å². The topological polar surface area (TPSA) is 59.6 Å². The predicted octanol–water partition coefficient (Wildman–Crippen LogP) is 2.07. The van der Waals surface area contributed by atoms with Gasteiger partial charge in [0.2, 0.25) is 0 Å². The molecule has 0 saturated heterocycles. The lowest BCUT2D eigenvalue weighted by Crippen LogP contribution is -2.23. The lowest BCUT2D eigenvalue weighted by molar-refractivity contribution is 0.197. The van der Waals surface area contributed by atoms with Crippen LogP contribution in [0.25, 0.3) is 0 Å². The van der Waals surface area contributed by atoms with Gasteiger partial charge in [0.1, 0.15) is 0 Å².